The second-order valence-electron chi connectivity index (χ2n) is 5.90. The van der Waals surface area contributed by atoms with Crippen molar-refractivity contribution in [2.45, 2.75) is 25.2 Å². The number of ketones is 1. The third kappa shape index (κ3) is 2.97. The first-order valence-corrected chi connectivity index (χ1v) is 7.62. The molecule has 0 aliphatic heterocycles. The minimum Gasteiger partial charge on any atom is -0.497 e. The number of carbonyl (C=O) groups excluding carboxylic acids is 2. The van der Waals surface area contributed by atoms with Crippen LogP contribution in [0.15, 0.2) is 48.5 Å². The van der Waals surface area contributed by atoms with Crippen LogP contribution in [0.3, 0.4) is 0 Å². The molecule has 118 valence electrons. The number of methoxy groups -OCH3 is 1. The first-order valence-electron chi connectivity index (χ1n) is 7.62. The molecule has 4 nitrogen and oxygen atoms in total. The number of amides is 1. The quantitative estimate of drug-likeness (QED) is 0.859. The van der Waals surface area contributed by atoms with Crippen molar-refractivity contribution >= 4 is 17.4 Å². The Kier molecular flexibility index (Phi) is 3.90. The second kappa shape index (κ2) is 5.88. The average molecular weight is 309 g/mol. The number of hydrogen-bond donors (Lipinski definition) is 1. The lowest BCUT2D eigenvalue weighted by Gasteiger charge is -2.16. The van der Waals surface area contributed by atoms with Crippen LogP contribution < -0.4 is 10.1 Å². The lowest BCUT2D eigenvalue weighted by molar-refractivity contribution is -0.118. The summed E-state index contributed by atoms with van der Waals surface area (Å²) in [6, 6.07) is 14.6. The molecule has 1 fully saturated rings. The smallest absolute Gasteiger partial charge is 0.235 e. The number of carbonyl (C=O) groups is 2. The minimum atomic E-state index is -0.439. The summed E-state index contributed by atoms with van der Waals surface area (Å²) in [5, 5.41) is 2.96. The maximum absolute atomic E-state index is 12.7. The molecule has 2 aromatic carbocycles. The van der Waals surface area contributed by atoms with E-state index in [4.69, 9.17) is 4.74 Å². The van der Waals surface area contributed by atoms with Crippen LogP contribution in [0.25, 0.3) is 0 Å². The molecule has 0 spiro atoms. The van der Waals surface area contributed by atoms with Crippen molar-refractivity contribution in [2.24, 2.45) is 0 Å². The van der Waals surface area contributed by atoms with Gasteiger partial charge in [0.2, 0.25) is 5.91 Å². The Morgan fingerprint density at radius 1 is 1.00 bits per heavy atom. The summed E-state index contributed by atoms with van der Waals surface area (Å²) in [5.74, 6) is 0.794. The van der Waals surface area contributed by atoms with Gasteiger partial charge in [0.25, 0.3) is 0 Å². The van der Waals surface area contributed by atoms with Gasteiger partial charge in [0, 0.05) is 11.3 Å². The predicted molar refractivity (Wildman–Crippen MR) is 89.0 cm³/mol. The van der Waals surface area contributed by atoms with Gasteiger partial charge in [-0.05, 0) is 61.7 Å². The van der Waals surface area contributed by atoms with Crippen molar-refractivity contribution < 1.29 is 14.3 Å². The molecule has 23 heavy (non-hydrogen) atoms. The van der Waals surface area contributed by atoms with Gasteiger partial charge >= 0.3 is 0 Å². The van der Waals surface area contributed by atoms with Crippen molar-refractivity contribution in [3.8, 4) is 5.75 Å². The molecule has 0 unspecified atom stereocenters. The summed E-state index contributed by atoms with van der Waals surface area (Å²) < 4.78 is 5.16. The lowest BCUT2D eigenvalue weighted by Crippen LogP contribution is -2.27. The highest BCUT2D eigenvalue weighted by molar-refractivity contribution is 6.02. The van der Waals surface area contributed by atoms with Crippen molar-refractivity contribution in [3.63, 3.8) is 0 Å². The SMILES string of the molecule is COc1ccc(C2(C(=O)Nc3ccc(C(C)=O)cc3)CC2)cc1. The monoisotopic (exact) mass is 309 g/mol. The zero-order chi connectivity index (χ0) is 16.4. The summed E-state index contributed by atoms with van der Waals surface area (Å²) >= 11 is 0. The summed E-state index contributed by atoms with van der Waals surface area (Å²) in [4.78, 5) is 23.9. The molecule has 1 saturated carbocycles. The van der Waals surface area contributed by atoms with Crippen molar-refractivity contribution in [1.82, 2.24) is 0 Å². The first kappa shape index (κ1) is 15.3. The van der Waals surface area contributed by atoms with E-state index in [1.807, 2.05) is 24.3 Å². The fraction of sp³-hybridized carbons (Fsp3) is 0.263. The molecule has 0 heterocycles. The van der Waals surface area contributed by atoms with E-state index in [0.29, 0.717) is 11.3 Å². The van der Waals surface area contributed by atoms with E-state index in [1.165, 1.54) is 6.92 Å². The molecule has 1 aliphatic rings. The zero-order valence-corrected chi connectivity index (χ0v) is 13.3. The Hall–Kier alpha value is -2.62. The van der Waals surface area contributed by atoms with Crippen LogP contribution in [-0.2, 0) is 10.2 Å². The van der Waals surface area contributed by atoms with Gasteiger partial charge in [0.15, 0.2) is 5.78 Å². The molecule has 0 aromatic heterocycles. The summed E-state index contributed by atoms with van der Waals surface area (Å²) in [7, 11) is 1.62. The Labute approximate surface area is 135 Å². The predicted octanol–water partition coefficient (Wildman–Crippen LogP) is 3.57. The van der Waals surface area contributed by atoms with Crippen LogP contribution >= 0.6 is 0 Å². The van der Waals surface area contributed by atoms with Crippen LogP contribution in [0.4, 0.5) is 5.69 Å². The second-order valence-corrected chi connectivity index (χ2v) is 5.90. The highest BCUT2D eigenvalue weighted by atomic mass is 16.5. The summed E-state index contributed by atoms with van der Waals surface area (Å²) in [6.07, 6.45) is 1.69. The Morgan fingerprint density at radius 3 is 2.09 bits per heavy atom. The molecule has 0 bridgehead atoms. The molecule has 2 aromatic rings. The molecule has 1 amide bonds. The number of rotatable bonds is 5. The summed E-state index contributed by atoms with van der Waals surface area (Å²) in [5.41, 5.74) is 1.92. The van der Waals surface area contributed by atoms with Gasteiger partial charge < -0.3 is 10.1 Å². The fourth-order valence-electron chi connectivity index (χ4n) is 2.72. The molecule has 1 aliphatic carbocycles. The van der Waals surface area contributed by atoms with Gasteiger partial charge in [0.05, 0.1) is 12.5 Å². The number of hydrogen-bond acceptors (Lipinski definition) is 3. The third-order valence-electron chi connectivity index (χ3n) is 4.38. The van der Waals surface area contributed by atoms with Crippen molar-refractivity contribution in [1.29, 1.82) is 0 Å². The maximum atomic E-state index is 12.7. The van der Waals surface area contributed by atoms with E-state index in [0.717, 1.165) is 24.2 Å². The van der Waals surface area contributed by atoms with Gasteiger partial charge in [-0.3, -0.25) is 9.59 Å². The van der Waals surface area contributed by atoms with Crippen LogP contribution in [-0.4, -0.2) is 18.8 Å². The van der Waals surface area contributed by atoms with Crippen LogP contribution in [0.1, 0.15) is 35.7 Å². The van der Waals surface area contributed by atoms with E-state index in [9.17, 15) is 9.59 Å². The number of Topliss-reactive ketones (excluding diaryl/α,β-unsaturated/α-hetero) is 1. The Balaban J connectivity index is 1.75. The van der Waals surface area contributed by atoms with Crippen molar-refractivity contribution in [3.05, 3.63) is 59.7 Å². The lowest BCUT2D eigenvalue weighted by atomic mass is 9.94. The zero-order valence-electron chi connectivity index (χ0n) is 13.3. The average Bonchev–Trinajstić information content (AvgIpc) is 3.37. The van der Waals surface area contributed by atoms with Gasteiger partial charge in [-0.25, -0.2) is 0 Å². The topological polar surface area (TPSA) is 55.4 Å². The van der Waals surface area contributed by atoms with Crippen LogP contribution in [0.5, 0.6) is 5.75 Å². The van der Waals surface area contributed by atoms with E-state index in [2.05, 4.69) is 5.32 Å². The van der Waals surface area contributed by atoms with Gasteiger partial charge in [-0.2, -0.15) is 0 Å². The van der Waals surface area contributed by atoms with E-state index >= 15 is 0 Å². The van der Waals surface area contributed by atoms with E-state index < -0.39 is 5.41 Å². The normalized spacial score (nSPS) is 14.9. The summed E-state index contributed by atoms with van der Waals surface area (Å²) in [6.45, 7) is 1.52. The number of nitrogens with one attached hydrogen (secondary N) is 1. The Morgan fingerprint density at radius 2 is 1.61 bits per heavy atom. The third-order valence-corrected chi connectivity index (χ3v) is 4.38. The molecular weight excluding hydrogens is 290 g/mol. The molecule has 4 heteroatoms. The fourth-order valence-corrected chi connectivity index (χ4v) is 2.72. The number of ether oxygens (including phenoxy) is 1. The minimum absolute atomic E-state index is 0.00163. The molecule has 0 saturated heterocycles. The largest absolute Gasteiger partial charge is 0.497 e. The molecular formula is C19H19NO3. The van der Waals surface area contributed by atoms with E-state index in [-0.39, 0.29) is 11.7 Å². The number of benzene rings is 2. The molecule has 0 atom stereocenters. The van der Waals surface area contributed by atoms with Crippen molar-refractivity contribution in [2.75, 3.05) is 12.4 Å². The van der Waals surface area contributed by atoms with Gasteiger partial charge in [-0.15, -0.1) is 0 Å². The highest BCUT2D eigenvalue weighted by Crippen LogP contribution is 2.49. The number of anilines is 1. The Bertz CT molecular complexity index is 728. The van der Waals surface area contributed by atoms with Crippen LogP contribution in [0, 0.1) is 0 Å². The highest BCUT2D eigenvalue weighted by Gasteiger charge is 2.51. The molecule has 3 rings (SSSR count). The standard InChI is InChI=1S/C19H19NO3/c1-13(21)14-3-7-16(8-4-14)20-18(22)19(11-12-19)15-5-9-17(23-2)10-6-15/h3-10H,11-12H2,1-2H3,(H,20,22). The molecule has 0 radical (unpaired) electrons. The van der Waals surface area contributed by atoms with Crippen LogP contribution in [0.2, 0.25) is 0 Å². The van der Waals surface area contributed by atoms with E-state index in [1.54, 1.807) is 31.4 Å². The van der Waals surface area contributed by atoms with Gasteiger partial charge in [-0.1, -0.05) is 12.1 Å². The van der Waals surface area contributed by atoms with Gasteiger partial charge in [0.1, 0.15) is 5.75 Å². The maximum Gasteiger partial charge on any atom is 0.235 e. The first-order chi connectivity index (χ1) is 11.0. The molecule has 1 N–H and O–H groups in total.